The summed E-state index contributed by atoms with van der Waals surface area (Å²) in [6.07, 6.45) is 6.06. The monoisotopic (exact) mass is 582 g/mol. The molecule has 4 aromatic heterocycles. The van der Waals surface area contributed by atoms with E-state index in [1.54, 1.807) is 47.2 Å². The van der Waals surface area contributed by atoms with Crippen molar-refractivity contribution >= 4 is 74.6 Å². The third-order valence-electron chi connectivity index (χ3n) is 3.35. The topological polar surface area (TPSA) is 78.1 Å². The van der Waals surface area contributed by atoms with E-state index in [0.29, 0.717) is 17.4 Å². The molecule has 0 aromatic carbocycles. The highest BCUT2D eigenvalue weighted by atomic mass is 79.9. The molecule has 0 aliphatic carbocycles. The Bertz CT molecular complexity index is 1160. The molecule has 0 bridgehead atoms. The van der Waals surface area contributed by atoms with Crippen molar-refractivity contribution in [3.8, 4) is 0 Å². The standard InChI is InChI=1S/2C8H6BrNO2S2/c2*9-7-3-6-13-8(7)14(11,12)10-4-1-2-5-10/h2*1-6H. The zero-order valence-corrected chi connectivity index (χ0v) is 20.3. The first-order valence-electron chi connectivity index (χ1n) is 7.47. The molecule has 0 amide bonds. The lowest BCUT2D eigenvalue weighted by atomic mass is 10.7. The Morgan fingerprint density at radius 2 is 0.964 bits per heavy atom. The van der Waals surface area contributed by atoms with Crippen LogP contribution < -0.4 is 0 Å². The van der Waals surface area contributed by atoms with Gasteiger partial charge < -0.3 is 0 Å². The summed E-state index contributed by atoms with van der Waals surface area (Å²) in [7, 11) is -6.79. The van der Waals surface area contributed by atoms with Crippen molar-refractivity contribution in [3.05, 3.63) is 80.9 Å². The van der Waals surface area contributed by atoms with Gasteiger partial charge in [-0.05, 0) is 79.0 Å². The van der Waals surface area contributed by atoms with Gasteiger partial charge in [-0.25, -0.2) is 7.94 Å². The van der Waals surface area contributed by atoms with E-state index >= 15 is 0 Å². The van der Waals surface area contributed by atoms with E-state index < -0.39 is 20.0 Å². The van der Waals surface area contributed by atoms with Crippen LogP contribution in [0.2, 0.25) is 0 Å². The van der Waals surface area contributed by atoms with Crippen molar-refractivity contribution < 1.29 is 16.8 Å². The molecule has 6 nitrogen and oxygen atoms in total. The highest BCUT2D eigenvalue weighted by molar-refractivity contribution is 9.10. The molecule has 0 N–H and O–H groups in total. The Labute approximate surface area is 187 Å². The van der Waals surface area contributed by atoms with E-state index in [9.17, 15) is 16.8 Å². The normalized spacial score (nSPS) is 11.8. The van der Waals surface area contributed by atoms with Gasteiger partial charge in [0.1, 0.15) is 0 Å². The van der Waals surface area contributed by atoms with Gasteiger partial charge in [-0.15, -0.1) is 22.7 Å². The van der Waals surface area contributed by atoms with Gasteiger partial charge in [0.2, 0.25) is 0 Å². The Kier molecular flexibility index (Phi) is 6.67. The van der Waals surface area contributed by atoms with Crippen LogP contribution in [0.5, 0.6) is 0 Å². The third-order valence-corrected chi connectivity index (χ3v) is 11.9. The van der Waals surface area contributed by atoms with Crippen molar-refractivity contribution in [2.24, 2.45) is 0 Å². The molecule has 0 saturated heterocycles. The van der Waals surface area contributed by atoms with Gasteiger partial charge >= 0.3 is 0 Å². The van der Waals surface area contributed by atoms with Crippen LogP contribution in [0.15, 0.2) is 89.3 Å². The van der Waals surface area contributed by atoms with Crippen molar-refractivity contribution in [3.63, 3.8) is 0 Å². The van der Waals surface area contributed by atoms with Gasteiger partial charge in [0.15, 0.2) is 8.42 Å². The average Bonchev–Trinajstić information content (AvgIpc) is 3.42. The summed E-state index contributed by atoms with van der Waals surface area (Å²) in [5, 5.41) is 3.47. The molecule has 0 radical (unpaired) electrons. The Balaban J connectivity index is 0.000000161. The zero-order valence-electron chi connectivity index (χ0n) is 13.8. The molecule has 4 heterocycles. The highest BCUT2D eigenvalue weighted by Gasteiger charge is 2.21. The summed E-state index contributed by atoms with van der Waals surface area (Å²) in [6.45, 7) is 0. The molecule has 0 aliphatic rings. The van der Waals surface area contributed by atoms with Crippen LogP contribution in [-0.4, -0.2) is 24.8 Å². The van der Waals surface area contributed by atoms with Crippen molar-refractivity contribution in [2.45, 2.75) is 8.42 Å². The van der Waals surface area contributed by atoms with Gasteiger partial charge in [0.05, 0.1) is 0 Å². The number of aromatic nitrogens is 2. The maximum atomic E-state index is 11.9. The second-order valence-electron chi connectivity index (χ2n) is 5.15. The van der Waals surface area contributed by atoms with Gasteiger partial charge in [-0.1, -0.05) is 0 Å². The van der Waals surface area contributed by atoms with Gasteiger partial charge in [-0.2, -0.15) is 16.8 Å². The SMILES string of the molecule is O=S(=O)(c1sccc1Br)n1cccc1.O=S(=O)(c1sccc1Br)n1cccc1. The van der Waals surface area contributed by atoms with Gasteiger partial charge in [-0.3, -0.25) is 0 Å². The minimum atomic E-state index is -3.39. The van der Waals surface area contributed by atoms with Gasteiger partial charge in [0, 0.05) is 33.7 Å². The van der Waals surface area contributed by atoms with E-state index in [2.05, 4.69) is 31.9 Å². The fourth-order valence-electron chi connectivity index (χ4n) is 2.08. The van der Waals surface area contributed by atoms with Crippen LogP contribution in [0.1, 0.15) is 0 Å². The van der Waals surface area contributed by atoms with E-state index in [0.717, 1.165) is 0 Å². The Hall–Kier alpha value is -1.18. The molecular weight excluding hydrogens is 572 g/mol. The fourth-order valence-corrected chi connectivity index (χ4v) is 9.25. The predicted molar refractivity (Wildman–Crippen MR) is 118 cm³/mol. The molecule has 0 unspecified atom stereocenters. The first-order valence-corrected chi connectivity index (χ1v) is 13.7. The largest absolute Gasteiger partial charge is 0.278 e. The lowest BCUT2D eigenvalue weighted by Crippen LogP contribution is -2.09. The summed E-state index contributed by atoms with van der Waals surface area (Å²) in [4.78, 5) is 0. The maximum Gasteiger partial charge on any atom is 0.278 e. The number of hydrogen-bond donors (Lipinski definition) is 0. The van der Waals surface area contributed by atoms with E-state index in [1.807, 2.05) is 0 Å². The molecule has 4 aromatic rings. The second kappa shape index (κ2) is 8.67. The molecule has 12 heteroatoms. The average molecular weight is 584 g/mol. The first kappa shape index (κ1) is 21.5. The second-order valence-corrected chi connectivity index (χ2v) is 12.8. The highest BCUT2D eigenvalue weighted by Crippen LogP contribution is 2.30. The van der Waals surface area contributed by atoms with Crippen LogP contribution in [0.3, 0.4) is 0 Å². The van der Waals surface area contributed by atoms with Crippen molar-refractivity contribution in [1.82, 2.24) is 7.94 Å². The molecule has 0 saturated carbocycles. The van der Waals surface area contributed by atoms with E-state index in [1.165, 1.54) is 55.4 Å². The third kappa shape index (κ3) is 4.36. The van der Waals surface area contributed by atoms with Crippen LogP contribution in [-0.2, 0) is 20.0 Å². The van der Waals surface area contributed by atoms with Crippen LogP contribution in [0.4, 0.5) is 0 Å². The molecule has 148 valence electrons. The minimum Gasteiger partial charge on any atom is -0.248 e. The summed E-state index contributed by atoms with van der Waals surface area (Å²) in [5.74, 6) is 0. The Morgan fingerprint density at radius 1 is 0.643 bits per heavy atom. The summed E-state index contributed by atoms with van der Waals surface area (Å²) >= 11 is 8.81. The summed E-state index contributed by atoms with van der Waals surface area (Å²) in [5.41, 5.74) is 0. The lowest BCUT2D eigenvalue weighted by molar-refractivity contribution is 0.587. The molecule has 0 spiro atoms. The van der Waals surface area contributed by atoms with E-state index in [-0.39, 0.29) is 0 Å². The predicted octanol–water partition coefficient (Wildman–Crippen LogP) is 5.10. The molecule has 4 rings (SSSR count). The first-order chi connectivity index (χ1) is 13.2. The minimum absolute atomic E-state index is 0.328. The number of nitrogens with zero attached hydrogens (tertiary/aromatic N) is 2. The van der Waals surface area contributed by atoms with Gasteiger partial charge in [0.25, 0.3) is 20.0 Å². The molecule has 28 heavy (non-hydrogen) atoms. The lowest BCUT2D eigenvalue weighted by Gasteiger charge is -2.02. The number of hydrogen-bond acceptors (Lipinski definition) is 6. The maximum absolute atomic E-state index is 11.9. The van der Waals surface area contributed by atoms with Crippen LogP contribution in [0.25, 0.3) is 0 Å². The molecule has 0 atom stereocenters. The smallest absolute Gasteiger partial charge is 0.248 e. The number of thiophene rings is 2. The van der Waals surface area contributed by atoms with E-state index in [4.69, 9.17) is 0 Å². The summed E-state index contributed by atoms with van der Waals surface area (Å²) in [6, 6.07) is 10.2. The van der Waals surface area contributed by atoms with Crippen LogP contribution >= 0.6 is 54.5 Å². The molecule has 0 aliphatic heterocycles. The molecule has 0 fully saturated rings. The quantitative estimate of drug-likeness (QED) is 0.335. The zero-order chi connectivity index (χ0) is 20.4. The van der Waals surface area contributed by atoms with Crippen molar-refractivity contribution in [1.29, 1.82) is 0 Å². The fraction of sp³-hybridized carbons (Fsp3) is 0. The number of rotatable bonds is 4. The van der Waals surface area contributed by atoms with Crippen LogP contribution in [0, 0.1) is 0 Å². The number of halogens is 2. The Morgan fingerprint density at radius 3 is 1.21 bits per heavy atom. The van der Waals surface area contributed by atoms with Crippen molar-refractivity contribution in [2.75, 3.05) is 0 Å². The molecular formula is C16H12Br2N2O4S4. The summed E-state index contributed by atoms with van der Waals surface area (Å²) < 4.78 is 51.9.